The lowest BCUT2D eigenvalue weighted by Crippen LogP contribution is -2.58. The van der Waals surface area contributed by atoms with Gasteiger partial charge < -0.3 is 14.7 Å². The van der Waals surface area contributed by atoms with Gasteiger partial charge in [-0.2, -0.15) is 0 Å². The largest absolute Gasteiger partial charge is 0.396 e. The van der Waals surface area contributed by atoms with Crippen LogP contribution in [0.15, 0.2) is 29.6 Å². The third-order valence-electron chi connectivity index (χ3n) is 7.18. The molecule has 0 atom stereocenters. The number of ether oxygens (including phenoxy) is 1. The van der Waals surface area contributed by atoms with E-state index < -0.39 is 0 Å². The van der Waals surface area contributed by atoms with Gasteiger partial charge in [-0.05, 0) is 43.2 Å². The lowest BCUT2D eigenvalue weighted by Gasteiger charge is -2.47. The highest BCUT2D eigenvalue weighted by molar-refractivity contribution is 7.09. The van der Waals surface area contributed by atoms with Gasteiger partial charge in [0, 0.05) is 44.1 Å². The Morgan fingerprint density at radius 1 is 1.21 bits per heavy atom. The number of aliphatic hydroxyl groups excluding tert-OH is 1. The zero-order valence-electron chi connectivity index (χ0n) is 20.0. The van der Waals surface area contributed by atoms with Crippen LogP contribution < -0.4 is 0 Å². The highest BCUT2D eigenvalue weighted by atomic mass is 32.1. The summed E-state index contributed by atoms with van der Waals surface area (Å²) in [5, 5.41) is 12.2. The van der Waals surface area contributed by atoms with Crippen LogP contribution in [-0.4, -0.2) is 70.8 Å². The molecular formula is C26H37N3O3S. The maximum absolute atomic E-state index is 13.2. The van der Waals surface area contributed by atoms with Crippen LogP contribution in [0.4, 0.5) is 0 Å². The van der Waals surface area contributed by atoms with E-state index in [-0.39, 0.29) is 18.1 Å². The Bertz CT molecular complexity index is 919. The Balaban J connectivity index is 1.34. The number of morpholine rings is 1. The SMILES string of the molecule is CCC(CC)c1nc(C(=O)N2CCOC3(CCN(Cc4cccc(CCO)c4)CC3)C2)cs1. The third kappa shape index (κ3) is 5.83. The summed E-state index contributed by atoms with van der Waals surface area (Å²) in [5.41, 5.74) is 2.83. The Hall–Kier alpha value is -1.80. The molecule has 33 heavy (non-hydrogen) atoms. The lowest BCUT2D eigenvalue weighted by molar-refractivity contribution is -0.128. The van der Waals surface area contributed by atoms with Crippen molar-refractivity contribution in [2.24, 2.45) is 0 Å². The highest BCUT2D eigenvalue weighted by Crippen LogP contribution is 2.32. The number of aliphatic hydroxyl groups is 1. The summed E-state index contributed by atoms with van der Waals surface area (Å²) in [4.78, 5) is 22.3. The van der Waals surface area contributed by atoms with Crippen LogP contribution in [0.5, 0.6) is 0 Å². The average Bonchev–Trinajstić information content (AvgIpc) is 3.32. The van der Waals surface area contributed by atoms with Gasteiger partial charge in [0.25, 0.3) is 5.91 Å². The number of carbonyl (C=O) groups excluding carboxylic acids is 1. The molecule has 6 nitrogen and oxygen atoms in total. The average molecular weight is 472 g/mol. The molecule has 1 aromatic carbocycles. The van der Waals surface area contributed by atoms with E-state index in [9.17, 15) is 9.90 Å². The minimum atomic E-state index is -0.239. The Kier molecular flexibility index (Phi) is 8.17. The van der Waals surface area contributed by atoms with Gasteiger partial charge in [-0.3, -0.25) is 9.69 Å². The van der Waals surface area contributed by atoms with Gasteiger partial charge in [0.15, 0.2) is 0 Å². The normalized spacial score (nSPS) is 18.8. The van der Waals surface area contributed by atoms with Crippen LogP contribution in [0.3, 0.4) is 0 Å². The Morgan fingerprint density at radius 2 is 1.97 bits per heavy atom. The molecule has 180 valence electrons. The molecule has 1 spiro atoms. The first-order chi connectivity index (χ1) is 16.1. The number of thiazole rings is 1. The number of piperidine rings is 1. The minimum Gasteiger partial charge on any atom is -0.396 e. The molecule has 0 bridgehead atoms. The molecule has 4 rings (SSSR count). The fourth-order valence-corrected chi connectivity index (χ4v) is 6.15. The predicted molar refractivity (Wildman–Crippen MR) is 132 cm³/mol. The fourth-order valence-electron chi connectivity index (χ4n) is 5.08. The first kappa shape index (κ1) is 24.3. The summed E-state index contributed by atoms with van der Waals surface area (Å²) in [7, 11) is 0. The molecule has 2 aliphatic heterocycles. The molecule has 7 heteroatoms. The van der Waals surface area contributed by atoms with E-state index in [0.29, 0.717) is 37.7 Å². The van der Waals surface area contributed by atoms with Crippen molar-refractivity contribution in [2.45, 2.75) is 64.0 Å². The summed E-state index contributed by atoms with van der Waals surface area (Å²) in [6.45, 7) is 9.27. The number of hydrogen-bond donors (Lipinski definition) is 1. The van der Waals surface area contributed by atoms with E-state index in [1.165, 1.54) is 11.1 Å². The lowest BCUT2D eigenvalue weighted by atomic mass is 9.89. The van der Waals surface area contributed by atoms with Crippen molar-refractivity contribution >= 4 is 17.2 Å². The molecule has 1 N–H and O–H groups in total. The zero-order valence-corrected chi connectivity index (χ0v) is 20.8. The number of hydrogen-bond acceptors (Lipinski definition) is 6. The summed E-state index contributed by atoms with van der Waals surface area (Å²) in [6, 6.07) is 8.50. The number of rotatable bonds is 8. The van der Waals surface area contributed by atoms with Gasteiger partial charge in [0.1, 0.15) is 5.69 Å². The van der Waals surface area contributed by atoms with Crippen molar-refractivity contribution < 1.29 is 14.6 Å². The van der Waals surface area contributed by atoms with Gasteiger partial charge in [0.05, 0.1) is 23.8 Å². The number of carbonyl (C=O) groups is 1. The molecule has 3 heterocycles. The zero-order chi connectivity index (χ0) is 23.3. The number of amides is 1. The Labute approximate surface area is 201 Å². The molecule has 0 aliphatic carbocycles. The Morgan fingerprint density at radius 3 is 2.70 bits per heavy atom. The van der Waals surface area contributed by atoms with E-state index in [1.807, 2.05) is 10.3 Å². The van der Waals surface area contributed by atoms with Crippen LogP contribution in [0.1, 0.15) is 72.1 Å². The third-order valence-corrected chi connectivity index (χ3v) is 8.18. The van der Waals surface area contributed by atoms with Gasteiger partial charge in [0.2, 0.25) is 0 Å². The van der Waals surface area contributed by atoms with Crippen molar-refractivity contribution in [1.29, 1.82) is 0 Å². The molecule has 1 amide bonds. The van der Waals surface area contributed by atoms with Crippen molar-refractivity contribution in [2.75, 3.05) is 39.4 Å². The van der Waals surface area contributed by atoms with E-state index in [0.717, 1.165) is 50.3 Å². The number of nitrogens with zero attached hydrogens (tertiary/aromatic N) is 3. The fraction of sp³-hybridized carbons (Fsp3) is 0.615. The van der Waals surface area contributed by atoms with Crippen molar-refractivity contribution in [3.05, 3.63) is 51.5 Å². The molecule has 0 unspecified atom stereocenters. The van der Waals surface area contributed by atoms with Crippen LogP contribution in [0.25, 0.3) is 0 Å². The molecule has 2 aromatic rings. The highest BCUT2D eigenvalue weighted by Gasteiger charge is 2.41. The van der Waals surface area contributed by atoms with Gasteiger partial charge in [-0.1, -0.05) is 38.1 Å². The molecule has 2 aliphatic rings. The van der Waals surface area contributed by atoms with E-state index in [1.54, 1.807) is 11.3 Å². The molecule has 0 radical (unpaired) electrons. The first-order valence-electron chi connectivity index (χ1n) is 12.4. The van der Waals surface area contributed by atoms with E-state index in [4.69, 9.17) is 9.72 Å². The molecular weight excluding hydrogens is 434 g/mol. The van der Waals surface area contributed by atoms with Crippen LogP contribution in [-0.2, 0) is 17.7 Å². The summed E-state index contributed by atoms with van der Waals surface area (Å²) < 4.78 is 6.28. The van der Waals surface area contributed by atoms with Gasteiger partial charge >= 0.3 is 0 Å². The second-order valence-electron chi connectivity index (χ2n) is 9.41. The summed E-state index contributed by atoms with van der Waals surface area (Å²) >= 11 is 1.62. The minimum absolute atomic E-state index is 0.0502. The quantitative estimate of drug-likeness (QED) is 0.628. The second-order valence-corrected chi connectivity index (χ2v) is 10.3. The molecule has 2 fully saturated rings. The van der Waals surface area contributed by atoms with Crippen LogP contribution in [0.2, 0.25) is 0 Å². The monoisotopic (exact) mass is 471 g/mol. The molecule has 2 saturated heterocycles. The van der Waals surface area contributed by atoms with Gasteiger partial charge in [-0.15, -0.1) is 11.3 Å². The van der Waals surface area contributed by atoms with Crippen molar-refractivity contribution in [3.63, 3.8) is 0 Å². The van der Waals surface area contributed by atoms with Crippen molar-refractivity contribution in [3.8, 4) is 0 Å². The molecule has 1 aromatic heterocycles. The number of likely N-dealkylation sites (tertiary alicyclic amines) is 1. The van der Waals surface area contributed by atoms with E-state index in [2.05, 4.69) is 43.0 Å². The van der Waals surface area contributed by atoms with Crippen LogP contribution in [0, 0.1) is 0 Å². The smallest absolute Gasteiger partial charge is 0.273 e. The topological polar surface area (TPSA) is 65.9 Å². The van der Waals surface area contributed by atoms with E-state index >= 15 is 0 Å². The standard InChI is InChI=1S/C26H37N3O3S/c1-3-22(4-2)24-27-23(18-33-24)25(31)29-13-15-32-26(19-29)9-11-28(12-10-26)17-21-7-5-6-20(16-21)8-14-30/h5-7,16,18,22,30H,3-4,8-15,17,19H2,1-2H3. The van der Waals surface area contributed by atoms with Crippen LogP contribution >= 0.6 is 11.3 Å². The second kappa shape index (κ2) is 11.1. The summed E-state index contributed by atoms with van der Waals surface area (Å²) in [6.07, 6.45) is 4.68. The summed E-state index contributed by atoms with van der Waals surface area (Å²) in [5.74, 6) is 0.496. The number of benzene rings is 1. The van der Waals surface area contributed by atoms with Gasteiger partial charge in [-0.25, -0.2) is 4.98 Å². The maximum atomic E-state index is 13.2. The maximum Gasteiger partial charge on any atom is 0.273 e. The first-order valence-corrected chi connectivity index (χ1v) is 13.2. The predicted octanol–water partition coefficient (Wildman–Crippen LogP) is 4.09. The number of aromatic nitrogens is 1. The van der Waals surface area contributed by atoms with Crippen molar-refractivity contribution in [1.82, 2.24) is 14.8 Å². The molecule has 0 saturated carbocycles.